The molecule has 2 rings (SSSR count). The fourth-order valence-corrected chi connectivity index (χ4v) is 1.80. The van der Waals surface area contributed by atoms with Gasteiger partial charge in [0.1, 0.15) is 6.10 Å². The molecule has 12 heavy (non-hydrogen) atoms. The van der Waals surface area contributed by atoms with Crippen molar-refractivity contribution in [3.63, 3.8) is 0 Å². The van der Waals surface area contributed by atoms with Crippen LogP contribution in [0.1, 0.15) is 32.6 Å². The molecule has 0 bridgehead atoms. The highest BCUT2D eigenvalue weighted by molar-refractivity contribution is 4.73. The van der Waals surface area contributed by atoms with Gasteiger partial charge in [0.15, 0.2) is 0 Å². The van der Waals surface area contributed by atoms with Crippen molar-refractivity contribution in [3.8, 4) is 0 Å². The maximum absolute atomic E-state index is 5.73. The van der Waals surface area contributed by atoms with Crippen LogP contribution < -0.4 is 0 Å². The average Bonchev–Trinajstić information content (AvgIpc) is 2.87. The summed E-state index contributed by atoms with van der Waals surface area (Å²) in [6.07, 6.45) is 6.17. The molecule has 0 aromatic carbocycles. The Morgan fingerprint density at radius 2 is 1.92 bits per heavy atom. The number of rotatable bonds is 3. The van der Waals surface area contributed by atoms with Crippen LogP contribution in [0.25, 0.3) is 0 Å². The Labute approximate surface area is 74.2 Å². The first kappa shape index (κ1) is 8.52. The van der Waals surface area contributed by atoms with Crippen LogP contribution in [0.3, 0.4) is 0 Å². The topological polar surface area (TPSA) is 21.8 Å². The molecule has 0 N–H and O–H groups in total. The van der Waals surface area contributed by atoms with Crippen molar-refractivity contribution in [1.29, 1.82) is 0 Å². The lowest BCUT2D eigenvalue weighted by molar-refractivity contribution is 0.0120. The maximum Gasteiger partial charge on any atom is 0.104 e. The third kappa shape index (κ3) is 2.46. The summed E-state index contributed by atoms with van der Waals surface area (Å²) in [5.74, 6) is 0.919. The van der Waals surface area contributed by atoms with Gasteiger partial charge < -0.3 is 9.47 Å². The fourth-order valence-electron chi connectivity index (χ4n) is 1.80. The van der Waals surface area contributed by atoms with E-state index in [2.05, 4.69) is 6.92 Å². The van der Waals surface area contributed by atoms with Gasteiger partial charge in [-0.25, -0.2) is 0 Å². The molecule has 1 aliphatic carbocycles. The number of hydrogen-bond donors (Lipinski definition) is 0. The summed E-state index contributed by atoms with van der Waals surface area (Å²) < 4.78 is 10.8. The molecule has 2 aliphatic rings. The van der Waals surface area contributed by atoms with E-state index in [0.717, 1.165) is 19.1 Å². The summed E-state index contributed by atoms with van der Waals surface area (Å²) in [6, 6.07) is 0. The Kier molecular flexibility index (Phi) is 2.66. The van der Waals surface area contributed by atoms with Crippen LogP contribution in [-0.2, 0) is 9.47 Å². The highest BCUT2D eigenvalue weighted by atomic mass is 16.6. The molecule has 0 aromatic rings. The Bertz CT molecular complexity index is 135. The smallest absolute Gasteiger partial charge is 0.104 e. The van der Waals surface area contributed by atoms with E-state index in [-0.39, 0.29) is 0 Å². The Morgan fingerprint density at radius 1 is 1.25 bits per heavy atom. The lowest BCUT2D eigenvalue weighted by atomic mass is 9.89. The van der Waals surface area contributed by atoms with Crippen LogP contribution in [0.2, 0.25) is 0 Å². The summed E-state index contributed by atoms with van der Waals surface area (Å²) in [7, 11) is 0. The lowest BCUT2D eigenvalue weighted by Crippen LogP contribution is -2.22. The molecule has 1 saturated carbocycles. The van der Waals surface area contributed by atoms with Crippen molar-refractivity contribution in [2.75, 3.05) is 13.2 Å². The van der Waals surface area contributed by atoms with Crippen LogP contribution in [0, 0.1) is 5.92 Å². The third-order valence-electron chi connectivity index (χ3n) is 2.88. The molecular weight excluding hydrogens is 152 g/mol. The van der Waals surface area contributed by atoms with Gasteiger partial charge in [0.25, 0.3) is 0 Å². The monoisotopic (exact) mass is 170 g/mol. The zero-order valence-electron chi connectivity index (χ0n) is 7.79. The molecule has 2 nitrogen and oxygen atoms in total. The Balaban J connectivity index is 1.60. The summed E-state index contributed by atoms with van der Waals surface area (Å²) in [5, 5.41) is 0. The average molecular weight is 170 g/mol. The molecule has 1 aliphatic heterocycles. The van der Waals surface area contributed by atoms with Crippen molar-refractivity contribution in [2.45, 2.75) is 44.8 Å². The highest BCUT2D eigenvalue weighted by Gasteiger charge is 2.25. The van der Waals surface area contributed by atoms with Crippen LogP contribution in [-0.4, -0.2) is 25.4 Å². The summed E-state index contributed by atoms with van der Waals surface area (Å²) in [5.41, 5.74) is 0. The second-order valence-corrected chi connectivity index (χ2v) is 4.17. The van der Waals surface area contributed by atoms with E-state index < -0.39 is 0 Å². The van der Waals surface area contributed by atoms with E-state index in [1.165, 1.54) is 25.7 Å². The van der Waals surface area contributed by atoms with Gasteiger partial charge in [-0.05, 0) is 31.6 Å². The normalized spacial score (nSPS) is 41.2. The van der Waals surface area contributed by atoms with Crippen molar-refractivity contribution in [2.24, 2.45) is 5.92 Å². The second-order valence-electron chi connectivity index (χ2n) is 4.17. The van der Waals surface area contributed by atoms with E-state index in [4.69, 9.17) is 9.47 Å². The number of ether oxygens (including phenoxy) is 2. The quantitative estimate of drug-likeness (QED) is 0.604. The van der Waals surface area contributed by atoms with Crippen molar-refractivity contribution < 1.29 is 9.47 Å². The number of hydrogen-bond acceptors (Lipinski definition) is 2. The van der Waals surface area contributed by atoms with E-state index in [1.807, 2.05) is 0 Å². The molecule has 0 radical (unpaired) electrons. The summed E-state index contributed by atoms with van der Waals surface area (Å²) >= 11 is 0. The molecule has 1 heterocycles. The van der Waals surface area contributed by atoms with Crippen molar-refractivity contribution in [3.05, 3.63) is 0 Å². The van der Waals surface area contributed by atoms with Crippen LogP contribution >= 0.6 is 0 Å². The molecule has 2 heteroatoms. The van der Waals surface area contributed by atoms with Crippen molar-refractivity contribution in [1.82, 2.24) is 0 Å². The van der Waals surface area contributed by atoms with Crippen molar-refractivity contribution >= 4 is 0 Å². The summed E-state index contributed by atoms with van der Waals surface area (Å²) in [4.78, 5) is 0. The SMILES string of the molecule is CC1CCC(OCC2CO2)CC1. The second kappa shape index (κ2) is 3.75. The number of epoxide rings is 1. The van der Waals surface area contributed by atoms with Gasteiger partial charge in [-0.2, -0.15) is 0 Å². The van der Waals surface area contributed by atoms with Gasteiger partial charge in [0, 0.05) is 0 Å². The fraction of sp³-hybridized carbons (Fsp3) is 1.00. The third-order valence-corrected chi connectivity index (χ3v) is 2.88. The molecule has 0 amide bonds. The first-order valence-corrected chi connectivity index (χ1v) is 5.08. The molecular formula is C10H18O2. The maximum atomic E-state index is 5.73. The largest absolute Gasteiger partial charge is 0.375 e. The van der Waals surface area contributed by atoms with Gasteiger partial charge >= 0.3 is 0 Å². The summed E-state index contributed by atoms with van der Waals surface area (Å²) in [6.45, 7) is 4.09. The predicted octanol–water partition coefficient (Wildman–Crippen LogP) is 1.98. The molecule has 1 saturated heterocycles. The van der Waals surface area contributed by atoms with Gasteiger partial charge in [-0.1, -0.05) is 6.92 Å². The van der Waals surface area contributed by atoms with Gasteiger partial charge in [0.05, 0.1) is 19.3 Å². The lowest BCUT2D eigenvalue weighted by Gasteiger charge is -2.25. The highest BCUT2D eigenvalue weighted by Crippen LogP contribution is 2.26. The van der Waals surface area contributed by atoms with Gasteiger partial charge in [-0.15, -0.1) is 0 Å². The van der Waals surface area contributed by atoms with Crippen LogP contribution in [0.4, 0.5) is 0 Å². The zero-order chi connectivity index (χ0) is 8.39. The zero-order valence-corrected chi connectivity index (χ0v) is 7.79. The van der Waals surface area contributed by atoms with Gasteiger partial charge in [0.2, 0.25) is 0 Å². The van der Waals surface area contributed by atoms with Crippen LogP contribution in [0.15, 0.2) is 0 Å². The van der Waals surface area contributed by atoms with E-state index in [9.17, 15) is 0 Å². The van der Waals surface area contributed by atoms with E-state index >= 15 is 0 Å². The Hall–Kier alpha value is -0.0800. The minimum Gasteiger partial charge on any atom is -0.375 e. The molecule has 1 unspecified atom stereocenters. The Morgan fingerprint density at radius 3 is 2.50 bits per heavy atom. The standard InChI is InChI=1S/C10H18O2/c1-8-2-4-9(5-3-8)11-6-10-7-12-10/h8-10H,2-7H2,1H3. The molecule has 0 spiro atoms. The van der Waals surface area contributed by atoms with E-state index in [0.29, 0.717) is 12.2 Å². The molecule has 70 valence electrons. The molecule has 1 atom stereocenters. The molecule has 0 aromatic heterocycles. The first-order chi connectivity index (χ1) is 5.84. The first-order valence-electron chi connectivity index (χ1n) is 5.08. The predicted molar refractivity (Wildman–Crippen MR) is 47.1 cm³/mol. The van der Waals surface area contributed by atoms with Crippen LogP contribution in [0.5, 0.6) is 0 Å². The van der Waals surface area contributed by atoms with Gasteiger partial charge in [-0.3, -0.25) is 0 Å². The minimum atomic E-state index is 0.435. The minimum absolute atomic E-state index is 0.435. The van der Waals surface area contributed by atoms with E-state index in [1.54, 1.807) is 0 Å². The molecule has 2 fully saturated rings.